The second-order valence-electron chi connectivity index (χ2n) is 7.79. The maximum atomic E-state index is 6.38. The van der Waals surface area contributed by atoms with Crippen LogP contribution in [0.15, 0.2) is 5.38 Å². The van der Waals surface area contributed by atoms with E-state index >= 15 is 0 Å². The van der Waals surface area contributed by atoms with Gasteiger partial charge in [-0.1, -0.05) is 59.2 Å². The Morgan fingerprint density at radius 1 is 1.05 bits per heavy atom. The molecule has 4 heteroatoms. The molecule has 2 heterocycles. The van der Waals surface area contributed by atoms with E-state index in [9.17, 15) is 0 Å². The maximum Gasteiger partial charge on any atom is 0.171 e. The lowest BCUT2D eigenvalue weighted by Crippen LogP contribution is -2.37. The van der Waals surface area contributed by atoms with Crippen LogP contribution < -0.4 is 14.0 Å². The van der Waals surface area contributed by atoms with E-state index in [0.717, 1.165) is 24.7 Å². The first kappa shape index (κ1) is 17.9. The topological polar surface area (TPSA) is 18.5 Å². The van der Waals surface area contributed by atoms with Crippen LogP contribution in [-0.2, 0) is 0 Å². The molecular formula is C18H32O2SSi. The van der Waals surface area contributed by atoms with Crippen molar-refractivity contribution in [1.82, 2.24) is 0 Å². The van der Waals surface area contributed by atoms with Gasteiger partial charge in [0, 0.05) is 15.3 Å². The van der Waals surface area contributed by atoms with E-state index in [2.05, 4.69) is 38.9 Å². The van der Waals surface area contributed by atoms with Crippen LogP contribution in [0.5, 0.6) is 11.5 Å². The lowest BCUT2D eigenvalue weighted by molar-refractivity contribution is 0.0796. The third-order valence-corrected chi connectivity index (χ3v) is 9.11. The lowest BCUT2D eigenvalue weighted by atomic mass is 9.79. The van der Waals surface area contributed by atoms with Gasteiger partial charge in [-0.2, -0.15) is 0 Å². The summed E-state index contributed by atoms with van der Waals surface area (Å²) in [7, 11) is -1.37. The molecule has 0 radical (unpaired) electrons. The van der Waals surface area contributed by atoms with Crippen LogP contribution in [0.3, 0.4) is 0 Å². The second kappa shape index (κ2) is 7.39. The van der Waals surface area contributed by atoms with Gasteiger partial charge in [0.1, 0.15) is 0 Å². The molecule has 0 aromatic carbocycles. The van der Waals surface area contributed by atoms with Crippen LogP contribution in [0.1, 0.15) is 52.4 Å². The Labute approximate surface area is 141 Å². The van der Waals surface area contributed by atoms with Crippen molar-refractivity contribution in [3.63, 3.8) is 0 Å². The maximum absolute atomic E-state index is 6.38. The molecule has 2 rings (SSSR count). The molecule has 0 N–H and O–H groups in total. The molecule has 0 amide bonds. The number of hydrogen-bond donors (Lipinski definition) is 0. The van der Waals surface area contributed by atoms with E-state index < -0.39 is 8.07 Å². The molecule has 0 saturated heterocycles. The van der Waals surface area contributed by atoms with Crippen LogP contribution in [0.4, 0.5) is 0 Å². The molecule has 0 fully saturated rings. The molecule has 126 valence electrons. The van der Waals surface area contributed by atoms with E-state index in [0.29, 0.717) is 0 Å². The fraction of sp³-hybridized carbons (Fsp3) is 0.778. The average Bonchev–Trinajstić information content (AvgIpc) is 2.81. The Balaban J connectivity index is 2.18. The van der Waals surface area contributed by atoms with Gasteiger partial charge in [0.15, 0.2) is 11.5 Å². The van der Waals surface area contributed by atoms with Crippen molar-refractivity contribution in [2.24, 2.45) is 5.41 Å². The monoisotopic (exact) mass is 340 g/mol. The zero-order chi connectivity index (χ0) is 16.2. The Hall–Kier alpha value is -0.483. The third-order valence-electron chi connectivity index (χ3n) is 4.57. The number of thiophene rings is 1. The molecule has 1 aliphatic heterocycles. The van der Waals surface area contributed by atoms with Crippen LogP contribution in [0.25, 0.3) is 0 Å². The zero-order valence-corrected chi connectivity index (χ0v) is 16.8. The Morgan fingerprint density at radius 3 is 2.18 bits per heavy atom. The van der Waals surface area contributed by atoms with Crippen molar-refractivity contribution in [2.45, 2.75) is 72.0 Å². The highest BCUT2D eigenvalue weighted by molar-refractivity contribution is 7.26. The second-order valence-corrected chi connectivity index (χ2v) is 14.0. The third kappa shape index (κ3) is 4.08. The Bertz CT molecular complexity index is 468. The highest BCUT2D eigenvalue weighted by atomic mass is 32.1. The first-order valence-corrected chi connectivity index (χ1v) is 13.2. The predicted molar refractivity (Wildman–Crippen MR) is 99.8 cm³/mol. The van der Waals surface area contributed by atoms with Crippen molar-refractivity contribution < 1.29 is 9.47 Å². The largest absolute Gasteiger partial charge is 0.488 e. The first-order valence-electron chi connectivity index (χ1n) is 8.79. The molecule has 0 saturated carbocycles. The molecule has 22 heavy (non-hydrogen) atoms. The summed E-state index contributed by atoms with van der Waals surface area (Å²) >= 11 is 1.83. The number of hydrogen-bond acceptors (Lipinski definition) is 3. The van der Waals surface area contributed by atoms with Crippen molar-refractivity contribution in [3.05, 3.63) is 5.38 Å². The molecule has 1 aliphatic rings. The molecule has 0 bridgehead atoms. The van der Waals surface area contributed by atoms with E-state index in [1.807, 2.05) is 11.3 Å². The highest BCUT2D eigenvalue weighted by Crippen LogP contribution is 2.41. The number of fused-ring (bicyclic) bond motifs is 1. The van der Waals surface area contributed by atoms with E-state index in [4.69, 9.17) is 9.47 Å². The van der Waals surface area contributed by atoms with Crippen molar-refractivity contribution >= 4 is 23.9 Å². The quantitative estimate of drug-likeness (QED) is 0.616. The van der Waals surface area contributed by atoms with Gasteiger partial charge >= 0.3 is 0 Å². The van der Waals surface area contributed by atoms with Gasteiger partial charge in [-0.15, -0.1) is 11.3 Å². The summed E-state index contributed by atoms with van der Waals surface area (Å²) in [5.41, 5.74) is 0.208. The van der Waals surface area contributed by atoms with Gasteiger partial charge in [-0.3, -0.25) is 0 Å². The van der Waals surface area contributed by atoms with Crippen LogP contribution in [0, 0.1) is 5.41 Å². The standard InChI is InChI=1S/C18H32O2SSi/c1-6-8-10-18(11-9-7-2)13-19-15-12-21-17(22(3,4)5)16(15)20-14-18/h12H,6-11,13-14H2,1-5H3. The lowest BCUT2D eigenvalue weighted by Gasteiger charge is -2.31. The fourth-order valence-corrected chi connectivity index (χ4v) is 6.23. The fourth-order valence-electron chi connectivity index (χ4n) is 3.10. The van der Waals surface area contributed by atoms with E-state index in [1.165, 1.54) is 43.0 Å². The minimum Gasteiger partial charge on any atom is -0.488 e. The smallest absolute Gasteiger partial charge is 0.171 e. The van der Waals surface area contributed by atoms with Crippen molar-refractivity contribution in [2.75, 3.05) is 13.2 Å². The summed E-state index contributed by atoms with van der Waals surface area (Å²) in [6, 6.07) is 0. The minimum absolute atomic E-state index is 0.208. The summed E-state index contributed by atoms with van der Waals surface area (Å²) in [6.07, 6.45) is 7.47. The summed E-state index contributed by atoms with van der Waals surface area (Å²) < 4.78 is 14.1. The summed E-state index contributed by atoms with van der Waals surface area (Å²) in [6.45, 7) is 13.3. The van der Waals surface area contributed by atoms with Crippen LogP contribution in [0.2, 0.25) is 19.6 Å². The Kier molecular flexibility index (Phi) is 6.00. The highest BCUT2D eigenvalue weighted by Gasteiger charge is 2.36. The van der Waals surface area contributed by atoms with Gasteiger partial charge in [-0.05, 0) is 12.8 Å². The van der Waals surface area contributed by atoms with Crippen molar-refractivity contribution in [3.8, 4) is 11.5 Å². The normalized spacial score (nSPS) is 17.3. The molecule has 2 nitrogen and oxygen atoms in total. The molecular weight excluding hydrogens is 308 g/mol. The SMILES string of the molecule is CCCCC1(CCCC)COc2csc([Si](C)(C)C)c2OC1. The summed E-state index contributed by atoms with van der Waals surface area (Å²) in [5.74, 6) is 2.07. The number of ether oxygens (including phenoxy) is 2. The first-order chi connectivity index (χ1) is 10.4. The van der Waals surface area contributed by atoms with Gasteiger partial charge in [-0.25, -0.2) is 0 Å². The van der Waals surface area contributed by atoms with Crippen LogP contribution in [-0.4, -0.2) is 21.3 Å². The number of unbranched alkanes of at least 4 members (excludes halogenated alkanes) is 2. The average molecular weight is 341 g/mol. The summed E-state index contributed by atoms with van der Waals surface area (Å²) in [4.78, 5) is 0. The van der Waals surface area contributed by atoms with E-state index in [1.54, 1.807) is 0 Å². The molecule has 0 atom stereocenters. The number of rotatable bonds is 7. The van der Waals surface area contributed by atoms with Gasteiger partial charge in [0.25, 0.3) is 0 Å². The van der Waals surface area contributed by atoms with Gasteiger partial charge in [0.2, 0.25) is 0 Å². The van der Waals surface area contributed by atoms with Crippen molar-refractivity contribution in [1.29, 1.82) is 0 Å². The molecule has 0 unspecified atom stereocenters. The van der Waals surface area contributed by atoms with Crippen LogP contribution >= 0.6 is 11.3 Å². The molecule has 0 aliphatic carbocycles. The summed E-state index contributed by atoms with van der Waals surface area (Å²) in [5, 5.41) is 2.17. The van der Waals surface area contributed by atoms with Gasteiger partial charge < -0.3 is 9.47 Å². The zero-order valence-electron chi connectivity index (χ0n) is 15.0. The molecule has 1 aromatic heterocycles. The predicted octanol–water partition coefficient (Wildman–Crippen LogP) is 5.43. The van der Waals surface area contributed by atoms with Gasteiger partial charge in [0.05, 0.1) is 21.3 Å². The minimum atomic E-state index is -1.37. The Morgan fingerprint density at radius 2 is 1.64 bits per heavy atom. The molecule has 1 aromatic rings. The molecule has 0 spiro atoms. The van der Waals surface area contributed by atoms with E-state index in [-0.39, 0.29) is 5.41 Å².